The lowest BCUT2D eigenvalue weighted by Gasteiger charge is -2.19. The Bertz CT molecular complexity index is 1400. The van der Waals surface area contributed by atoms with Gasteiger partial charge in [-0.05, 0) is 96.2 Å². The molecule has 0 heterocycles. The quantitative estimate of drug-likeness (QED) is 0.0397. The molecule has 0 aliphatic carbocycles. The molecule has 0 aromatic heterocycles. The standard InChI is InChI=1S/C54H80N2/c1-3-5-7-9-11-13-15-17-23-27-53(49-37-41-51(55)42-38-49)47-33-29-45(30-34-47)25-21-19-20-22-26-46-31-35-48(36-32-46)54(50-39-43-52(56)44-40-50)28-24-18-16-14-12-10-8-6-4-2/h29-44,53-54H,3-28,55-56H2,1-2H3. The Labute approximate surface area is 344 Å². The molecule has 306 valence electrons. The van der Waals surface area contributed by atoms with Crippen molar-refractivity contribution < 1.29 is 0 Å². The second-order valence-corrected chi connectivity index (χ2v) is 17.1. The average Bonchev–Trinajstić information content (AvgIpc) is 3.22. The van der Waals surface area contributed by atoms with Gasteiger partial charge in [0.2, 0.25) is 0 Å². The molecule has 2 heteroatoms. The fraction of sp³-hybridized carbons (Fsp3) is 0.556. The molecule has 0 saturated carbocycles. The monoisotopic (exact) mass is 757 g/mol. The number of unbranched alkanes of at least 4 members (excludes halogenated alkanes) is 19. The van der Waals surface area contributed by atoms with Crippen molar-refractivity contribution in [2.75, 3.05) is 11.5 Å². The van der Waals surface area contributed by atoms with Crippen molar-refractivity contribution >= 4 is 11.4 Å². The van der Waals surface area contributed by atoms with E-state index in [0.29, 0.717) is 11.8 Å². The van der Waals surface area contributed by atoms with Crippen molar-refractivity contribution in [1.82, 2.24) is 0 Å². The molecule has 2 atom stereocenters. The Hall–Kier alpha value is -3.52. The van der Waals surface area contributed by atoms with Crippen LogP contribution in [0, 0.1) is 0 Å². The topological polar surface area (TPSA) is 52.0 Å². The Kier molecular flexibility index (Phi) is 22.6. The van der Waals surface area contributed by atoms with Gasteiger partial charge in [-0.25, -0.2) is 0 Å². The molecule has 0 radical (unpaired) electrons. The van der Waals surface area contributed by atoms with Crippen molar-refractivity contribution in [1.29, 1.82) is 0 Å². The van der Waals surface area contributed by atoms with E-state index in [1.54, 1.807) is 0 Å². The highest BCUT2D eigenvalue weighted by molar-refractivity contribution is 5.44. The summed E-state index contributed by atoms with van der Waals surface area (Å²) >= 11 is 0. The third kappa shape index (κ3) is 17.7. The minimum atomic E-state index is 0.451. The predicted octanol–water partition coefficient (Wildman–Crippen LogP) is 16.3. The highest BCUT2D eigenvalue weighted by Crippen LogP contribution is 2.33. The van der Waals surface area contributed by atoms with Crippen LogP contribution in [0.2, 0.25) is 0 Å². The molecule has 0 spiro atoms. The summed E-state index contributed by atoms with van der Waals surface area (Å²) < 4.78 is 0. The minimum Gasteiger partial charge on any atom is -0.399 e. The summed E-state index contributed by atoms with van der Waals surface area (Å²) in [5.41, 5.74) is 22.5. The number of anilines is 2. The molecule has 0 amide bonds. The van der Waals surface area contributed by atoms with Gasteiger partial charge >= 0.3 is 0 Å². The summed E-state index contributed by atoms with van der Waals surface area (Å²) in [5, 5.41) is 0. The van der Waals surface area contributed by atoms with Crippen LogP contribution in [-0.2, 0) is 12.8 Å². The van der Waals surface area contributed by atoms with E-state index in [9.17, 15) is 0 Å². The van der Waals surface area contributed by atoms with Crippen molar-refractivity contribution in [2.45, 2.75) is 193 Å². The highest BCUT2D eigenvalue weighted by Gasteiger charge is 2.16. The molecule has 4 rings (SSSR count). The van der Waals surface area contributed by atoms with Gasteiger partial charge in [-0.15, -0.1) is 0 Å². The molecule has 0 fully saturated rings. The van der Waals surface area contributed by atoms with Crippen LogP contribution >= 0.6 is 0 Å². The first-order valence-electron chi connectivity index (χ1n) is 23.5. The number of benzene rings is 4. The minimum absolute atomic E-state index is 0.451. The summed E-state index contributed by atoms with van der Waals surface area (Å²) in [5.74, 6) is 0.901. The molecule has 0 bridgehead atoms. The lowest BCUT2D eigenvalue weighted by molar-refractivity contribution is 0.545. The third-order valence-electron chi connectivity index (χ3n) is 12.3. The first kappa shape index (κ1) is 45.2. The van der Waals surface area contributed by atoms with Crippen LogP contribution in [0.25, 0.3) is 0 Å². The zero-order valence-electron chi connectivity index (χ0n) is 35.9. The van der Waals surface area contributed by atoms with Gasteiger partial charge in [0.1, 0.15) is 0 Å². The maximum Gasteiger partial charge on any atom is 0.0314 e. The smallest absolute Gasteiger partial charge is 0.0314 e. The van der Waals surface area contributed by atoms with Gasteiger partial charge in [0.05, 0.1) is 0 Å². The molecule has 0 saturated heterocycles. The maximum absolute atomic E-state index is 6.06. The first-order valence-corrected chi connectivity index (χ1v) is 23.5. The molecule has 2 unspecified atom stereocenters. The number of hydrogen-bond donors (Lipinski definition) is 2. The predicted molar refractivity (Wildman–Crippen MR) is 248 cm³/mol. The number of nitrogen functional groups attached to an aromatic ring is 2. The Balaban J connectivity index is 1.17. The highest BCUT2D eigenvalue weighted by atomic mass is 14.5. The number of hydrogen-bond acceptors (Lipinski definition) is 2. The van der Waals surface area contributed by atoms with Crippen molar-refractivity contribution in [3.63, 3.8) is 0 Å². The zero-order chi connectivity index (χ0) is 39.5. The molecule has 2 nitrogen and oxygen atoms in total. The lowest BCUT2D eigenvalue weighted by atomic mass is 9.86. The van der Waals surface area contributed by atoms with E-state index in [-0.39, 0.29) is 0 Å². The average molecular weight is 757 g/mol. The molecular weight excluding hydrogens is 677 g/mol. The molecule has 0 aliphatic rings. The van der Waals surface area contributed by atoms with Gasteiger partial charge < -0.3 is 11.5 Å². The molecule has 0 aliphatic heterocycles. The molecule has 4 N–H and O–H groups in total. The van der Waals surface area contributed by atoms with Gasteiger partial charge in [0, 0.05) is 23.2 Å². The van der Waals surface area contributed by atoms with Gasteiger partial charge in [-0.3, -0.25) is 0 Å². The van der Waals surface area contributed by atoms with Crippen molar-refractivity contribution in [3.8, 4) is 0 Å². The Morgan fingerprint density at radius 3 is 0.857 bits per heavy atom. The van der Waals surface area contributed by atoms with E-state index < -0.39 is 0 Å². The van der Waals surface area contributed by atoms with Gasteiger partial charge in [-0.2, -0.15) is 0 Å². The van der Waals surface area contributed by atoms with E-state index in [0.717, 1.165) is 11.4 Å². The summed E-state index contributed by atoms with van der Waals surface area (Å²) in [7, 11) is 0. The van der Waals surface area contributed by atoms with Crippen molar-refractivity contribution in [2.24, 2.45) is 0 Å². The third-order valence-corrected chi connectivity index (χ3v) is 12.3. The van der Waals surface area contributed by atoms with Crippen LogP contribution in [0.1, 0.15) is 213 Å². The maximum atomic E-state index is 6.06. The van der Waals surface area contributed by atoms with E-state index in [4.69, 9.17) is 11.5 Å². The van der Waals surface area contributed by atoms with E-state index >= 15 is 0 Å². The largest absolute Gasteiger partial charge is 0.399 e. The van der Waals surface area contributed by atoms with Crippen LogP contribution in [0.15, 0.2) is 97.1 Å². The van der Waals surface area contributed by atoms with E-state index in [1.807, 2.05) is 0 Å². The fourth-order valence-electron chi connectivity index (χ4n) is 8.67. The number of nitrogens with two attached hydrogens (primary N) is 2. The fourth-order valence-corrected chi connectivity index (χ4v) is 8.67. The molecule has 4 aromatic carbocycles. The number of aryl methyl sites for hydroxylation is 2. The summed E-state index contributed by atoms with van der Waals surface area (Å²) in [6.07, 6.45) is 34.6. The van der Waals surface area contributed by atoms with E-state index in [2.05, 4.69) is 111 Å². The Morgan fingerprint density at radius 2 is 0.554 bits per heavy atom. The van der Waals surface area contributed by atoms with Crippen LogP contribution in [0.4, 0.5) is 11.4 Å². The Morgan fingerprint density at radius 1 is 0.304 bits per heavy atom. The summed E-state index contributed by atoms with van der Waals surface area (Å²) in [4.78, 5) is 0. The van der Waals surface area contributed by atoms with Gasteiger partial charge in [0.25, 0.3) is 0 Å². The molecular formula is C54H80N2. The summed E-state index contributed by atoms with van der Waals surface area (Å²) in [6.45, 7) is 4.59. The van der Waals surface area contributed by atoms with Crippen LogP contribution < -0.4 is 11.5 Å². The molecule has 56 heavy (non-hydrogen) atoms. The van der Waals surface area contributed by atoms with Crippen molar-refractivity contribution in [3.05, 3.63) is 130 Å². The second kappa shape index (κ2) is 28.0. The molecule has 4 aromatic rings. The lowest BCUT2D eigenvalue weighted by Crippen LogP contribution is -2.02. The second-order valence-electron chi connectivity index (χ2n) is 17.1. The normalized spacial score (nSPS) is 12.5. The van der Waals surface area contributed by atoms with Crippen LogP contribution in [0.3, 0.4) is 0 Å². The van der Waals surface area contributed by atoms with Crippen LogP contribution in [-0.4, -0.2) is 0 Å². The van der Waals surface area contributed by atoms with E-state index in [1.165, 1.54) is 200 Å². The zero-order valence-corrected chi connectivity index (χ0v) is 35.9. The first-order chi connectivity index (χ1) is 27.6. The summed E-state index contributed by atoms with van der Waals surface area (Å²) in [6, 6.07) is 36.4. The number of rotatable bonds is 31. The SMILES string of the molecule is CCCCCCCCCCCC(c1ccc(N)cc1)c1ccc(CCCCCCc2ccc(C(CCCCCCCCCCC)c3ccc(N)cc3)cc2)cc1. The van der Waals surface area contributed by atoms with Gasteiger partial charge in [0.15, 0.2) is 0 Å². The van der Waals surface area contributed by atoms with Gasteiger partial charge in [-0.1, -0.05) is 215 Å². The van der Waals surface area contributed by atoms with Crippen LogP contribution in [0.5, 0.6) is 0 Å².